The second-order valence-electron chi connectivity index (χ2n) is 6.64. The van der Waals surface area contributed by atoms with Crippen molar-refractivity contribution in [3.05, 3.63) is 58.9 Å². The molecule has 6 heteroatoms. The molecule has 2 aromatic rings. The average molecular weight is 379 g/mol. The second-order valence-corrected chi connectivity index (χ2v) is 7.07. The van der Waals surface area contributed by atoms with Crippen LogP contribution in [0.25, 0.3) is 0 Å². The van der Waals surface area contributed by atoms with Crippen molar-refractivity contribution in [2.45, 2.75) is 13.0 Å². The Morgan fingerprint density at radius 3 is 2.50 bits per heavy atom. The monoisotopic (exact) mass is 378 g/mol. The number of β-amino-alcohol motifs (C(OH)–C–C–N with tert-alkyl or cyclic N) is 1. The van der Waals surface area contributed by atoms with Gasteiger partial charge in [0.1, 0.15) is 24.3 Å². The predicted molar refractivity (Wildman–Crippen MR) is 103 cm³/mol. The molecule has 1 aliphatic heterocycles. The first-order valence-corrected chi connectivity index (χ1v) is 9.19. The quantitative estimate of drug-likeness (QED) is 0.836. The summed E-state index contributed by atoms with van der Waals surface area (Å²) in [6, 6.07) is 11.8. The Hall–Kier alpha value is -1.82. The third-order valence-corrected chi connectivity index (χ3v) is 4.84. The molecule has 1 fully saturated rings. The molecule has 0 bridgehead atoms. The maximum Gasteiger partial charge on any atom is 0.123 e. The molecular weight excluding hydrogens is 355 g/mol. The van der Waals surface area contributed by atoms with Crippen molar-refractivity contribution in [3.8, 4) is 5.75 Å². The summed E-state index contributed by atoms with van der Waals surface area (Å²) in [5.41, 5.74) is 2.40. The van der Waals surface area contributed by atoms with Gasteiger partial charge in [0.25, 0.3) is 0 Å². The standard InChI is InChI=1S/C20H24ClFN2O2/c1-15-2-3-16(21)12-20(15)24-10-8-23(9-11-24)13-18(25)14-26-19-6-4-17(22)5-7-19/h2-7,12,18,25H,8-11,13-14H2,1H3/t18-/m0/s1. The summed E-state index contributed by atoms with van der Waals surface area (Å²) in [5, 5.41) is 11.0. The number of hydrogen-bond acceptors (Lipinski definition) is 4. The molecule has 3 rings (SSSR count). The van der Waals surface area contributed by atoms with E-state index in [4.69, 9.17) is 16.3 Å². The van der Waals surface area contributed by atoms with E-state index in [9.17, 15) is 9.50 Å². The Balaban J connectivity index is 1.44. The van der Waals surface area contributed by atoms with Gasteiger partial charge in [-0.25, -0.2) is 4.39 Å². The van der Waals surface area contributed by atoms with Crippen LogP contribution in [0.4, 0.5) is 10.1 Å². The van der Waals surface area contributed by atoms with Gasteiger partial charge < -0.3 is 14.7 Å². The van der Waals surface area contributed by atoms with Crippen LogP contribution in [0, 0.1) is 12.7 Å². The highest BCUT2D eigenvalue weighted by atomic mass is 35.5. The molecule has 1 atom stereocenters. The highest BCUT2D eigenvalue weighted by molar-refractivity contribution is 6.30. The van der Waals surface area contributed by atoms with Crippen LogP contribution < -0.4 is 9.64 Å². The lowest BCUT2D eigenvalue weighted by Crippen LogP contribution is -2.49. The first-order chi connectivity index (χ1) is 12.5. The molecule has 1 saturated heterocycles. The van der Waals surface area contributed by atoms with Crippen molar-refractivity contribution >= 4 is 17.3 Å². The van der Waals surface area contributed by atoms with E-state index in [1.54, 1.807) is 12.1 Å². The molecule has 26 heavy (non-hydrogen) atoms. The van der Waals surface area contributed by atoms with Crippen molar-refractivity contribution in [2.75, 3.05) is 44.2 Å². The van der Waals surface area contributed by atoms with E-state index in [-0.39, 0.29) is 12.4 Å². The van der Waals surface area contributed by atoms with E-state index in [0.29, 0.717) is 12.3 Å². The zero-order valence-corrected chi connectivity index (χ0v) is 15.6. The van der Waals surface area contributed by atoms with Crippen LogP contribution in [-0.2, 0) is 0 Å². The number of aliphatic hydroxyl groups is 1. The minimum Gasteiger partial charge on any atom is -0.491 e. The molecule has 2 aromatic carbocycles. The summed E-state index contributed by atoms with van der Waals surface area (Å²) in [6.45, 7) is 6.38. The number of benzene rings is 2. The predicted octanol–water partition coefficient (Wildman–Crippen LogP) is 3.35. The number of anilines is 1. The minimum atomic E-state index is -0.584. The second kappa shape index (κ2) is 8.71. The average Bonchev–Trinajstić information content (AvgIpc) is 2.64. The Morgan fingerprint density at radius 2 is 1.81 bits per heavy atom. The number of rotatable bonds is 6. The van der Waals surface area contributed by atoms with E-state index in [1.165, 1.54) is 23.4 Å². The molecule has 1 heterocycles. The van der Waals surface area contributed by atoms with Crippen LogP contribution in [0.3, 0.4) is 0 Å². The molecule has 1 N–H and O–H groups in total. The van der Waals surface area contributed by atoms with Gasteiger partial charge in [0, 0.05) is 43.4 Å². The van der Waals surface area contributed by atoms with Crippen LogP contribution in [0.1, 0.15) is 5.56 Å². The van der Waals surface area contributed by atoms with E-state index in [0.717, 1.165) is 31.2 Å². The molecule has 0 aromatic heterocycles. The van der Waals surface area contributed by atoms with Gasteiger partial charge in [0.2, 0.25) is 0 Å². The summed E-state index contributed by atoms with van der Waals surface area (Å²) in [5.74, 6) is 0.261. The fourth-order valence-electron chi connectivity index (χ4n) is 3.17. The van der Waals surface area contributed by atoms with E-state index < -0.39 is 6.10 Å². The van der Waals surface area contributed by atoms with Gasteiger partial charge >= 0.3 is 0 Å². The number of ether oxygens (including phenoxy) is 1. The number of aryl methyl sites for hydroxylation is 1. The van der Waals surface area contributed by atoms with Gasteiger partial charge in [0.05, 0.1) is 0 Å². The molecule has 140 valence electrons. The van der Waals surface area contributed by atoms with Gasteiger partial charge in [-0.2, -0.15) is 0 Å². The van der Waals surface area contributed by atoms with Crippen LogP contribution >= 0.6 is 11.6 Å². The van der Waals surface area contributed by atoms with Crippen molar-refractivity contribution in [2.24, 2.45) is 0 Å². The summed E-state index contributed by atoms with van der Waals surface area (Å²) >= 11 is 6.12. The highest BCUT2D eigenvalue weighted by Gasteiger charge is 2.20. The van der Waals surface area contributed by atoms with Crippen LogP contribution in [-0.4, -0.2) is 55.4 Å². The maximum atomic E-state index is 12.9. The van der Waals surface area contributed by atoms with Gasteiger partial charge in [-0.1, -0.05) is 17.7 Å². The third kappa shape index (κ3) is 5.10. The van der Waals surface area contributed by atoms with Gasteiger partial charge in [-0.3, -0.25) is 4.90 Å². The number of halogens is 2. The van der Waals surface area contributed by atoms with Crippen molar-refractivity contribution in [3.63, 3.8) is 0 Å². The Kier molecular flexibility index (Phi) is 6.35. The number of aliphatic hydroxyl groups excluding tert-OH is 1. The minimum absolute atomic E-state index is 0.194. The molecular formula is C20H24ClFN2O2. The maximum absolute atomic E-state index is 12.9. The zero-order valence-electron chi connectivity index (χ0n) is 14.9. The molecule has 0 aliphatic carbocycles. The van der Waals surface area contributed by atoms with Crippen molar-refractivity contribution in [1.82, 2.24) is 4.90 Å². The summed E-state index contributed by atoms with van der Waals surface area (Å²) < 4.78 is 18.4. The largest absolute Gasteiger partial charge is 0.491 e. The van der Waals surface area contributed by atoms with Crippen molar-refractivity contribution < 1.29 is 14.2 Å². The Morgan fingerprint density at radius 1 is 1.12 bits per heavy atom. The van der Waals surface area contributed by atoms with Gasteiger partial charge in [-0.15, -0.1) is 0 Å². The van der Waals surface area contributed by atoms with E-state index in [2.05, 4.69) is 16.7 Å². The summed E-state index contributed by atoms with van der Waals surface area (Å²) in [4.78, 5) is 4.56. The highest BCUT2D eigenvalue weighted by Crippen LogP contribution is 2.25. The Bertz CT molecular complexity index is 718. The lowest BCUT2D eigenvalue weighted by atomic mass is 10.1. The molecule has 0 saturated carbocycles. The van der Waals surface area contributed by atoms with Gasteiger partial charge in [0.15, 0.2) is 0 Å². The lowest BCUT2D eigenvalue weighted by Gasteiger charge is -2.37. The molecule has 1 aliphatic rings. The van der Waals surface area contributed by atoms with Crippen LogP contribution in [0.15, 0.2) is 42.5 Å². The summed E-state index contributed by atoms with van der Waals surface area (Å²) in [7, 11) is 0. The van der Waals surface area contributed by atoms with Crippen molar-refractivity contribution in [1.29, 1.82) is 0 Å². The Labute approximate surface area is 158 Å². The van der Waals surface area contributed by atoms with Crippen LogP contribution in [0.5, 0.6) is 5.75 Å². The molecule has 0 unspecified atom stereocenters. The molecule has 4 nitrogen and oxygen atoms in total. The number of hydrogen-bond donors (Lipinski definition) is 1. The first kappa shape index (κ1) is 19.0. The molecule has 0 amide bonds. The number of nitrogens with zero attached hydrogens (tertiary/aromatic N) is 2. The zero-order chi connectivity index (χ0) is 18.5. The SMILES string of the molecule is Cc1ccc(Cl)cc1N1CCN(C[C@H](O)COc2ccc(F)cc2)CC1. The fourth-order valence-corrected chi connectivity index (χ4v) is 3.33. The molecule has 0 spiro atoms. The number of piperazine rings is 1. The summed E-state index contributed by atoms with van der Waals surface area (Å²) in [6.07, 6.45) is -0.584. The topological polar surface area (TPSA) is 35.9 Å². The molecule has 0 radical (unpaired) electrons. The van der Waals surface area contributed by atoms with E-state index >= 15 is 0 Å². The third-order valence-electron chi connectivity index (χ3n) is 4.61. The lowest BCUT2D eigenvalue weighted by molar-refractivity contribution is 0.0663. The van der Waals surface area contributed by atoms with Gasteiger partial charge in [-0.05, 0) is 48.9 Å². The van der Waals surface area contributed by atoms with E-state index in [1.807, 2.05) is 18.2 Å². The first-order valence-electron chi connectivity index (χ1n) is 8.81. The normalized spacial score (nSPS) is 16.5. The smallest absolute Gasteiger partial charge is 0.123 e. The fraction of sp³-hybridized carbons (Fsp3) is 0.400. The van der Waals surface area contributed by atoms with Crippen LogP contribution in [0.2, 0.25) is 5.02 Å².